The third kappa shape index (κ3) is 4.42. The van der Waals surface area contributed by atoms with Crippen LogP contribution in [0.15, 0.2) is 18.2 Å². The van der Waals surface area contributed by atoms with E-state index in [0.717, 1.165) is 18.7 Å². The molecule has 0 aliphatic carbocycles. The summed E-state index contributed by atoms with van der Waals surface area (Å²) >= 11 is 5.86. The van der Waals surface area contributed by atoms with Crippen molar-refractivity contribution in [3.05, 3.63) is 28.8 Å². The Morgan fingerprint density at radius 1 is 1.31 bits per heavy atom. The molecule has 0 atom stereocenters. The topological polar surface area (TPSA) is 23.5 Å². The molecule has 0 aliphatic rings. The van der Waals surface area contributed by atoms with Gasteiger partial charge in [-0.3, -0.25) is 0 Å². The highest BCUT2D eigenvalue weighted by molar-refractivity contribution is 6.32. The van der Waals surface area contributed by atoms with E-state index in [0.29, 0.717) is 5.02 Å². The molecule has 16 heavy (non-hydrogen) atoms. The number of phenols is 1. The van der Waals surface area contributed by atoms with E-state index >= 15 is 0 Å². The van der Waals surface area contributed by atoms with Gasteiger partial charge in [-0.2, -0.15) is 0 Å². The lowest BCUT2D eigenvalue weighted by Gasteiger charge is -2.26. The Balaban J connectivity index is 2.63. The van der Waals surface area contributed by atoms with Crippen LogP contribution in [0.25, 0.3) is 0 Å². The van der Waals surface area contributed by atoms with E-state index in [9.17, 15) is 5.11 Å². The van der Waals surface area contributed by atoms with Crippen molar-refractivity contribution in [2.75, 3.05) is 13.6 Å². The number of nitrogens with zero attached hydrogens (tertiary/aromatic N) is 1. The van der Waals surface area contributed by atoms with Crippen LogP contribution in [-0.2, 0) is 6.54 Å². The molecule has 0 aromatic heterocycles. The van der Waals surface area contributed by atoms with Crippen LogP contribution in [-0.4, -0.2) is 23.6 Å². The zero-order valence-corrected chi connectivity index (χ0v) is 11.2. The lowest BCUT2D eigenvalue weighted by molar-refractivity contribution is 0.221. The quantitative estimate of drug-likeness (QED) is 0.875. The first-order chi connectivity index (χ1) is 7.28. The first kappa shape index (κ1) is 13.3. The van der Waals surface area contributed by atoms with Crippen molar-refractivity contribution in [1.82, 2.24) is 4.90 Å². The molecule has 2 nitrogen and oxygen atoms in total. The van der Waals surface area contributed by atoms with Crippen LogP contribution in [0.5, 0.6) is 5.75 Å². The monoisotopic (exact) mass is 241 g/mol. The van der Waals surface area contributed by atoms with Gasteiger partial charge >= 0.3 is 0 Å². The van der Waals surface area contributed by atoms with Crippen LogP contribution < -0.4 is 0 Å². The molecule has 0 aliphatic heterocycles. The van der Waals surface area contributed by atoms with Gasteiger partial charge in [-0.25, -0.2) is 0 Å². The second-order valence-corrected chi connectivity index (χ2v) is 5.93. The van der Waals surface area contributed by atoms with Crippen molar-refractivity contribution in [1.29, 1.82) is 0 Å². The summed E-state index contributed by atoms with van der Waals surface area (Å²) in [6, 6.07) is 5.36. The van der Waals surface area contributed by atoms with E-state index in [2.05, 4.69) is 32.7 Å². The summed E-state index contributed by atoms with van der Waals surface area (Å²) in [5, 5.41) is 9.74. The molecule has 0 saturated heterocycles. The van der Waals surface area contributed by atoms with Gasteiger partial charge in [0.25, 0.3) is 0 Å². The Morgan fingerprint density at radius 2 is 1.94 bits per heavy atom. The van der Waals surface area contributed by atoms with Crippen LogP contribution in [0.1, 0.15) is 26.3 Å². The predicted molar refractivity (Wildman–Crippen MR) is 68.9 cm³/mol. The van der Waals surface area contributed by atoms with E-state index in [4.69, 9.17) is 11.6 Å². The zero-order valence-electron chi connectivity index (χ0n) is 10.4. The number of hydrogen-bond acceptors (Lipinski definition) is 2. The van der Waals surface area contributed by atoms with E-state index < -0.39 is 0 Å². The van der Waals surface area contributed by atoms with Crippen LogP contribution >= 0.6 is 11.6 Å². The van der Waals surface area contributed by atoms with Crippen molar-refractivity contribution in [2.45, 2.75) is 27.3 Å². The van der Waals surface area contributed by atoms with Gasteiger partial charge in [0.1, 0.15) is 5.75 Å². The fourth-order valence-electron chi connectivity index (χ4n) is 1.83. The van der Waals surface area contributed by atoms with Gasteiger partial charge < -0.3 is 10.0 Å². The predicted octanol–water partition coefficient (Wildman–Crippen LogP) is 3.52. The molecule has 0 unspecified atom stereocenters. The minimum absolute atomic E-state index is 0.142. The van der Waals surface area contributed by atoms with Gasteiger partial charge in [-0.05, 0) is 30.2 Å². The molecule has 1 N–H and O–H groups in total. The van der Waals surface area contributed by atoms with Crippen molar-refractivity contribution >= 4 is 11.6 Å². The molecule has 0 amide bonds. The van der Waals surface area contributed by atoms with Crippen LogP contribution in [0.4, 0.5) is 0 Å². The molecule has 0 saturated carbocycles. The number of phenolic OH excluding ortho intramolecular Hbond substituents is 1. The summed E-state index contributed by atoms with van der Waals surface area (Å²) in [4.78, 5) is 2.25. The molecule has 0 spiro atoms. The fraction of sp³-hybridized carbons (Fsp3) is 0.538. The SMILES string of the molecule is CN(Cc1ccc(O)c(Cl)c1)CC(C)(C)C. The molecule has 1 rings (SSSR count). The summed E-state index contributed by atoms with van der Waals surface area (Å²) in [7, 11) is 2.09. The number of rotatable bonds is 3. The molecule has 1 aromatic carbocycles. The van der Waals surface area contributed by atoms with E-state index in [1.807, 2.05) is 12.1 Å². The van der Waals surface area contributed by atoms with Crippen molar-refractivity contribution in [3.8, 4) is 5.75 Å². The highest BCUT2D eigenvalue weighted by Gasteiger charge is 2.13. The minimum atomic E-state index is 0.142. The highest BCUT2D eigenvalue weighted by Crippen LogP contribution is 2.24. The average molecular weight is 242 g/mol. The maximum atomic E-state index is 9.32. The van der Waals surface area contributed by atoms with Gasteiger partial charge in [-0.15, -0.1) is 0 Å². The third-order valence-electron chi connectivity index (χ3n) is 2.21. The Morgan fingerprint density at radius 3 is 2.44 bits per heavy atom. The van der Waals surface area contributed by atoms with E-state index in [-0.39, 0.29) is 11.2 Å². The van der Waals surface area contributed by atoms with E-state index in [1.54, 1.807) is 6.07 Å². The molecular weight excluding hydrogens is 222 g/mol. The first-order valence-corrected chi connectivity index (χ1v) is 5.82. The summed E-state index contributed by atoms with van der Waals surface area (Å²) in [6.45, 7) is 8.51. The Labute approximate surface area is 103 Å². The number of halogens is 1. The number of hydrogen-bond donors (Lipinski definition) is 1. The minimum Gasteiger partial charge on any atom is -0.506 e. The summed E-state index contributed by atoms with van der Waals surface area (Å²) in [5.41, 5.74) is 1.41. The van der Waals surface area contributed by atoms with Gasteiger partial charge in [0.2, 0.25) is 0 Å². The maximum absolute atomic E-state index is 9.32. The molecule has 0 heterocycles. The Kier molecular flexibility index (Phi) is 4.22. The average Bonchev–Trinajstić information content (AvgIpc) is 2.08. The van der Waals surface area contributed by atoms with Gasteiger partial charge in [0, 0.05) is 13.1 Å². The van der Waals surface area contributed by atoms with Crippen LogP contribution in [0.3, 0.4) is 0 Å². The second-order valence-electron chi connectivity index (χ2n) is 5.52. The molecule has 0 radical (unpaired) electrons. The van der Waals surface area contributed by atoms with Crippen molar-refractivity contribution in [3.63, 3.8) is 0 Å². The molecule has 0 fully saturated rings. The smallest absolute Gasteiger partial charge is 0.134 e. The Hall–Kier alpha value is -0.730. The first-order valence-electron chi connectivity index (χ1n) is 5.44. The number of benzene rings is 1. The molecule has 0 bridgehead atoms. The maximum Gasteiger partial charge on any atom is 0.134 e. The molecule has 3 heteroatoms. The molecular formula is C13H20ClNO. The fourth-order valence-corrected chi connectivity index (χ4v) is 2.03. The van der Waals surface area contributed by atoms with Crippen molar-refractivity contribution in [2.24, 2.45) is 5.41 Å². The van der Waals surface area contributed by atoms with Gasteiger partial charge in [0.15, 0.2) is 0 Å². The normalized spacial score (nSPS) is 12.1. The van der Waals surface area contributed by atoms with Gasteiger partial charge in [0.05, 0.1) is 5.02 Å². The lowest BCUT2D eigenvalue weighted by atomic mass is 9.96. The largest absolute Gasteiger partial charge is 0.506 e. The van der Waals surface area contributed by atoms with Crippen LogP contribution in [0.2, 0.25) is 5.02 Å². The third-order valence-corrected chi connectivity index (χ3v) is 2.51. The van der Waals surface area contributed by atoms with Gasteiger partial charge in [-0.1, -0.05) is 38.4 Å². The van der Waals surface area contributed by atoms with Crippen molar-refractivity contribution < 1.29 is 5.11 Å². The molecule has 90 valence electrons. The summed E-state index contributed by atoms with van der Waals surface area (Å²) < 4.78 is 0. The molecule has 1 aromatic rings. The summed E-state index contributed by atoms with van der Waals surface area (Å²) in [6.07, 6.45) is 0. The van der Waals surface area contributed by atoms with E-state index in [1.165, 1.54) is 0 Å². The Bertz CT molecular complexity index is 357. The standard InChI is InChI=1S/C13H20ClNO/c1-13(2,3)9-15(4)8-10-5-6-12(16)11(14)7-10/h5-7,16H,8-9H2,1-4H3. The second kappa shape index (κ2) is 5.07. The summed E-state index contributed by atoms with van der Waals surface area (Å²) in [5.74, 6) is 0.142. The lowest BCUT2D eigenvalue weighted by Crippen LogP contribution is -2.28. The number of aromatic hydroxyl groups is 1. The van der Waals surface area contributed by atoms with Crippen LogP contribution in [0, 0.1) is 5.41 Å². The zero-order chi connectivity index (χ0) is 12.3. The highest BCUT2D eigenvalue weighted by atomic mass is 35.5.